The molecule has 0 unspecified atom stereocenters. The van der Waals surface area contributed by atoms with Crippen LogP contribution in [0.3, 0.4) is 0 Å². The van der Waals surface area contributed by atoms with Crippen LogP contribution in [0.4, 0.5) is 0 Å². The van der Waals surface area contributed by atoms with Gasteiger partial charge in [0.05, 0.1) is 25.3 Å². The molecule has 0 atom stereocenters. The second kappa shape index (κ2) is 6.65. The van der Waals surface area contributed by atoms with E-state index in [0.29, 0.717) is 17.5 Å². The van der Waals surface area contributed by atoms with E-state index in [1.54, 1.807) is 30.5 Å². The minimum Gasteiger partial charge on any atom is -0.465 e. The molecule has 0 aliphatic rings. The van der Waals surface area contributed by atoms with Crippen LogP contribution >= 0.6 is 0 Å². The van der Waals surface area contributed by atoms with Gasteiger partial charge in [0.15, 0.2) is 0 Å². The summed E-state index contributed by atoms with van der Waals surface area (Å²) in [5.41, 5.74) is 2.69. The largest absolute Gasteiger partial charge is 0.465 e. The Morgan fingerprint density at radius 2 is 1.62 bits per heavy atom. The van der Waals surface area contributed by atoms with E-state index in [1.165, 1.54) is 20.4 Å². The number of benzene rings is 1. The van der Waals surface area contributed by atoms with E-state index in [9.17, 15) is 9.59 Å². The van der Waals surface area contributed by atoms with Crippen LogP contribution < -0.4 is 0 Å². The molecule has 108 valence electrons. The van der Waals surface area contributed by atoms with Crippen molar-refractivity contribution in [3.8, 4) is 0 Å². The lowest BCUT2D eigenvalue weighted by molar-refractivity contribution is 0.0591. The fourth-order valence-electron chi connectivity index (χ4n) is 1.98. The summed E-state index contributed by atoms with van der Waals surface area (Å²) >= 11 is 0. The first-order valence-electron chi connectivity index (χ1n) is 6.33. The van der Waals surface area contributed by atoms with Crippen LogP contribution in [0.5, 0.6) is 0 Å². The second-order valence-electron chi connectivity index (χ2n) is 4.44. The first kappa shape index (κ1) is 14.7. The van der Waals surface area contributed by atoms with Crippen molar-refractivity contribution in [3.63, 3.8) is 0 Å². The Morgan fingerprint density at radius 1 is 0.952 bits per heavy atom. The lowest BCUT2D eigenvalue weighted by Gasteiger charge is -2.05. The molecule has 0 radical (unpaired) electrons. The van der Waals surface area contributed by atoms with E-state index in [-0.39, 0.29) is 5.97 Å². The van der Waals surface area contributed by atoms with Crippen molar-refractivity contribution in [2.45, 2.75) is 6.42 Å². The minimum absolute atomic E-state index is 0.377. The Kier molecular flexibility index (Phi) is 4.66. The third-order valence-electron chi connectivity index (χ3n) is 2.97. The standard InChI is InChI=1S/C16H15NO4/c1-20-15(18)13-5-3-4-11(7-13)6-12-8-14(10-17-9-12)16(19)21-2/h3-5,7-10H,6H2,1-2H3. The number of carbonyl (C=O) groups excluding carboxylic acids is 2. The molecular formula is C16H15NO4. The Labute approximate surface area is 122 Å². The summed E-state index contributed by atoms with van der Waals surface area (Å²) in [7, 11) is 2.67. The fourth-order valence-corrected chi connectivity index (χ4v) is 1.98. The van der Waals surface area contributed by atoms with Gasteiger partial charge in [-0.05, 0) is 35.7 Å². The average molecular weight is 285 g/mol. The molecule has 0 aliphatic carbocycles. The van der Waals surface area contributed by atoms with Gasteiger partial charge < -0.3 is 9.47 Å². The summed E-state index contributed by atoms with van der Waals surface area (Å²) < 4.78 is 9.36. The van der Waals surface area contributed by atoms with Gasteiger partial charge in [-0.2, -0.15) is 0 Å². The van der Waals surface area contributed by atoms with Gasteiger partial charge in [-0.3, -0.25) is 4.98 Å². The normalized spacial score (nSPS) is 10.0. The smallest absolute Gasteiger partial charge is 0.339 e. The zero-order valence-electron chi connectivity index (χ0n) is 11.8. The highest BCUT2D eigenvalue weighted by Crippen LogP contribution is 2.13. The third-order valence-corrected chi connectivity index (χ3v) is 2.97. The number of aromatic nitrogens is 1. The van der Waals surface area contributed by atoms with E-state index in [0.717, 1.165) is 11.1 Å². The van der Waals surface area contributed by atoms with Crippen molar-refractivity contribution < 1.29 is 19.1 Å². The third kappa shape index (κ3) is 3.66. The Bertz CT molecular complexity index is 609. The van der Waals surface area contributed by atoms with Crippen molar-refractivity contribution >= 4 is 11.9 Å². The summed E-state index contributed by atoms with van der Waals surface area (Å²) in [4.78, 5) is 27.0. The number of methoxy groups -OCH3 is 2. The van der Waals surface area contributed by atoms with Crippen LogP contribution in [0.2, 0.25) is 0 Å². The van der Waals surface area contributed by atoms with E-state index < -0.39 is 5.97 Å². The molecule has 1 heterocycles. The van der Waals surface area contributed by atoms with Gasteiger partial charge in [-0.25, -0.2) is 9.59 Å². The van der Waals surface area contributed by atoms with E-state index in [4.69, 9.17) is 4.74 Å². The molecule has 0 aliphatic heterocycles. The van der Waals surface area contributed by atoms with Gasteiger partial charge >= 0.3 is 11.9 Å². The van der Waals surface area contributed by atoms with Crippen molar-refractivity contribution in [3.05, 3.63) is 65.0 Å². The number of carbonyl (C=O) groups is 2. The molecule has 2 rings (SSSR count). The molecule has 1 aromatic carbocycles. The van der Waals surface area contributed by atoms with Crippen LogP contribution in [0.15, 0.2) is 42.7 Å². The van der Waals surface area contributed by atoms with Crippen LogP contribution in [-0.2, 0) is 15.9 Å². The molecule has 5 nitrogen and oxygen atoms in total. The summed E-state index contributed by atoms with van der Waals surface area (Å²) in [5.74, 6) is -0.800. The van der Waals surface area contributed by atoms with Gasteiger partial charge in [0.25, 0.3) is 0 Å². The second-order valence-corrected chi connectivity index (χ2v) is 4.44. The number of nitrogens with zero attached hydrogens (tertiary/aromatic N) is 1. The molecule has 0 bridgehead atoms. The lowest BCUT2D eigenvalue weighted by atomic mass is 10.0. The molecule has 0 N–H and O–H groups in total. The Hall–Kier alpha value is -2.69. The minimum atomic E-state index is -0.423. The quantitative estimate of drug-likeness (QED) is 0.806. The van der Waals surface area contributed by atoms with Gasteiger partial charge in [0, 0.05) is 12.4 Å². The van der Waals surface area contributed by atoms with Crippen molar-refractivity contribution in [2.75, 3.05) is 14.2 Å². The van der Waals surface area contributed by atoms with Crippen molar-refractivity contribution in [2.24, 2.45) is 0 Å². The monoisotopic (exact) mass is 285 g/mol. The summed E-state index contributed by atoms with van der Waals surface area (Å²) in [6, 6.07) is 8.87. The molecule has 0 spiro atoms. The highest BCUT2D eigenvalue weighted by molar-refractivity contribution is 5.90. The Morgan fingerprint density at radius 3 is 2.33 bits per heavy atom. The summed E-state index contributed by atoms with van der Waals surface area (Å²) in [6.45, 7) is 0. The van der Waals surface area contributed by atoms with Crippen LogP contribution in [0.1, 0.15) is 31.8 Å². The molecule has 0 fully saturated rings. The molecule has 0 saturated carbocycles. The molecule has 1 aromatic heterocycles. The number of rotatable bonds is 4. The van der Waals surface area contributed by atoms with Gasteiger partial charge in [-0.1, -0.05) is 12.1 Å². The summed E-state index contributed by atoms with van der Waals surface area (Å²) in [6.07, 6.45) is 3.69. The number of ether oxygens (including phenoxy) is 2. The first-order valence-corrected chi connectivity index (χ1v) is 6.33. The zero-order chi connectivity index (χ0) is 15.2. The van der Waals surface area contributed by atoms with Crippen molar-refractivity contribution in [1.29, 1.82) is 0 Å². The van der Waals surface area contributed by atoms with Crippen molar-refractivity contribution in [1.82, 2.24) is 4.98 Å². The number of hydrogen-bond acceptors (Lipinski definition) is 5. The number of hydrogen-bond donors (Lipinski definition) is 0. The van der Waals surface area contributed by atoms with Crippen LogP contribution in [0.25, 0.3) is 0 Å². The predicted octanol–water partition coefficient (Wildman–Crippen LogP) is 2.25. The van der Waals surface area contributed by atoms with Gasteiger partial charge in [-0.15, -0.1) is 0 Å². The molecule has 5 heteroatoms. The number of esters is 2. The maximum Gasteiger partial charge on any atom is 0.339 e. The highest BCUT2D eigenvalue weighted by Gasteiger charge is 2.09. The van der Waals surface area contributed by atoms with E-state index in [2.05, 4.69) is 9.72 Å². The van der Waals surface area contributed by atoms with Gasteiger partial charge in [0.2, 0.25) is 0 Å². The fraction of sp³-hybridized carbons (Fsp3) is 0.188. The molecule has 0 saturated heterocycles. The SMILES string of the molecule is COC(=O)c1cccc(Cc2cncc(C(=O)OC)c2)c1. The maximum atomic E-state index is 11.5. The van der Waals surface area contributed by atoms with E-state index >= 15 is 0 Å². The Balaban J connectivity index is 2.22. The average Bonchev–Trinajstić information content (AvgIpc) is 2.53. The topological polar surface area (TPSA) is 65.5 Å². The lowest BCUT2D eigenvalue weighted by Crippen LogP contribution is -2.04. The molecule has 2 aromatic rings. The number of pyridine rings is 1. The van der Waals surface area contributed by atoms with Gasteiger partial charge in [0.1, 0.15) is 0 Å². The predicted molar refractivity (Wildman–Crippen MR) is 76.2 cm³/mol. The molecular weight excluding hydrogens is 270 g/mol. The first-order chi connectivity index (χ1) is 10.1. The molecule has 21 heavy (non-hydrogen) atoms. The highest BCUT2D eigenvalue weighted by atomic mass is 16.5. The molecule has 0 amide bonds. The zero-order valence-corrected chi connectivity index (χ0v) is 11.8. The van der Waals surface area contributed by atoms with Crippen LogP contribution in [-0.4, -0.2) is 31.1 Å². The maximum absolute atomic E-state index is 11.5. The summed E-state index contributed by atoms with van der Waals surface area (Å²) in [5, 5.41) is 0. The van der Waals surface area contributed by atoms with Crippen LogP contribution in [0, 0.1) is 0 Å². The van der Waals surface area contributed by atoms with E-state index in [1.807, 2.05) is 6.07 Å².